The van der Waals surface area contributed by atoms with Crippen LogP contribution in [0.3, 0.4) is 0 Å². The van der Waals surface area contributed by atoms with E-state index < -0.39 is 22.9 Å². The molecule has 1 atom stereocenters. The van der Waals surface area contributed by atoms with E-state index >= 15 is 0 Å². The van der Waals surface area contributed by atoms with Gasteiger partial charge in [-0.15, -0.1) is 0 Å². The van der Waals surface area contributed by atoms with Crippen molar-refractivity contribution in [2.75, 3.05) is 17.3 Å². The number of amides is 2. The van der Waals surface area contributed by atoms with Crippen molar-refractivity contribution in [2.24, 2.45) is 7.05 Å². The SMILES string of the molecule is COc1ccccc1-c1nc2c(n1C(C)C)C1(C(=O)Nc3cc(Cl)ccc31)N(c1cc(C)cn(C)c1=O)C2=O. The number of hydrogen-bond acceptors (Lipinski definition) is 5. The van der Waals surface area contributed by atoms with Gasteiger partial charge in [-0.2, -0.15) is 0 Å². The highest BCUT2D eigenvalue weighted by Gasteiger charge is 2.64. The minimum Gasteiger partial charge on any atom is -0.496 e. The number of aryl methyl sites for hydroxylation is 2. The average Bonchev–Trinajstić information content (AvgIpc) is 3.50. The van der Waals surface area contributed by atoms with Crippen molar-refractivity contribution in [3.8, 4) is 17.1 Å². The maximum absolute atomic E-state index is 14.4. The smallest absolute Gasteiger partial charge is 0.280 e. The van der Waals surface area contributed by atoms with Gasteiger partial charge in [-0.05, 0) is 56.7 Å². The van der Waals surface area contributed by atoms with Gasteiger partial charge >= 0.3 is 0 Å². The van der Waals surface area contributed by atoms with Gasteiger partial charge in [0.15, 0.2) is 11.2 Å². The van der Waals surface area contributed by atoms with Crippen LogP contribution in [-0.4, -0.2) is 33.0 Å². The van der Waals surface area contributed by atoms with E-state index in [1.54, 1.807) is 44.6 Å². The molecule has 0 fully saturated rings. The van der Waals surface area contributed by atoms with E-state index in [4.69, 9.17) is 21.3 Å². The molecule has 0 bridgehead atoms. The summed E-state index contributed by atoms with van der Waals surface area (Å²) in [6, 6.07) is 13.9. The van der Waals surface area contributed by atoms with Crippen LogP contribution < -0.4 is 20.5 Å². The predicted octanol–water partition coefficient (Wildman–Crippen LogP) is 4.66. The highest BCUT2D eigenvalue weighted by molar-refractivity contribution is 6.31. The zero-order valence-corrected chi connectivity index (χ0v) is 22.8. The van der Waals surface area contributed by atoms with Gasteiger partial charge in [-0.3, -0.25) is 19.3 Å². The van der Waals surface area contributed by atoms with Crippen LogP contribution >= 0.6 is 11.6 Å². The molecule has 2 aromatic heterocycles. The topological polar surface area (TPSA) is 98.5 Å². The first-order valence-corrected chi connectivity index (χ1v) is 12.9. The summed E-state index contributed by atoms with van der Waals surface area (Å²) in [4.78, 5) is 48.3. The van der Waals surface area contributed by atoms with Crippen LogP contribution in [0, 0.1) is 6.92 Å². The van der Waals surface area contributed by atoms with Gasteiger partial charge < -0.3 is 19.2 Å². The van der Waals surface area contributed by atoms with Crippen molar-refractivity contribution in [3.05, 3.63) is 92.6 Å². The van der Waals surface area contributed by atoms with Crippen LogP contribution in [0.2, 0.25) is 5.02 Å². The third-order valence-electron chi connectivity index (χ3n) is 7.35. The van der Waals surface area contributed by atoms with Gasteiger partial charge in [0.1, 0.15) is 17.3 Å². The molecular formula is C29H26ClN5O4. The lowest BCUT2D eigenvalue weighted by Crippen LogP contribution is -2.53. The molecule has 2 aliphatic rings. The fraction of sp³-hybridized carbons (Fsp3) is 0.241. The molecule has 9 nitrogen and oxygen atoms in total. The maximum Gasteiger partial charge on any atom is 0.280 e. The number of hydrogen-bond donors (Lipinski definition) is 1. The van der Waals surface area contributed by atoms with Gasteiger partial charge in [-0.1, -0.05) is 29.8 Å². The molecule has 6 rings (SSSR count). The summed E-state index contributed by atoms with van der Waals surface area (Å²) >= 11 is 6.30. The van der Waals surface area contributed by atoms with E-state index in [-0.39, 0.29) is 17.4 Å². The van der Waals surface area contributed by atoms with E-state index in [1.165, 1.54) is 9.47 Å². The monoisotopic (exact) mass is 543 g/mol. The summed E-state index contributed by atoms with van der Waals surface area (Å²) in [6.07, 6.45) is 1.68. The summed E-state index contributed by atoms with van der Waals surface area (Å²) in [5.41, 5.74) is 0.913. The molecule has 2 aromatic carbocycles. The third kappa shape index (κ3) is 3.26. The number of nitrogens with one attached hydrogen (secondary N) is 1. The predicted molar refractivity (Wildman–Crippen MR) is 149 cm³/mol. The average molecular weight is 544 g/mol. The van der Waals surface area contributed by atoms with Gasteiger partial charge in [0.25, 0.3) is 17.4 Å². The van der Waals surface area contributed by atoms with Gasteiger partial charge in [-0.25, -0.2) is 4.98 Å². The number of para-hydroxylation sites is 1. The Morgan fingerprint density at radius 2 is 1.82 bits per heavy atom. The molecule has 1 spiro atoms. The Labute approximate surface area is 229 Å². The molecule has 0 radical (unpaired) electrons. The summed E-state index contributed by atoms with van der Waals surface area (Å²) in [7, 11) is 3.19. The van der Waals surface area contributed by atoms with Crippen molar-refractivity contribution in [2.45, 2.75) is 32.4 Å². The van der Waals surface area contributed by atoms with Gasteiger partial charge in [0, 0.05) is 35.6 Å². The van der Waals surface area contributed by atoms with Crippen molar-refractivity contribution >= 4 is 34.8 Å². The van der Waals surface area contributed by atoms with Crippen molar-refractivity contribution in [1.82, 2.24) is 14.1 Å². The van der Waals surface area contributed by atoms with Crippen LogP contribution in [0.5, 0.6) is 5.75 Å². The number of carbonyl (C=O) groups excluding carboxylic acids is 2. The molecule has 4 heterocycles. The molecule has 2 amide bonds. The summed E-state index contributed by atoms with van der Waals surface area (Å²) in [6.45, 7) is 5.75. The zero-order chi connectivity index (χ0) is 27.8. The van der Waals surface area contributed by atoms with Crippen molar-refractivity contribution in [1.29, 1.82) is 0 Å². The van der Waals surface area contributed by atoms with Crippen LogP contribution in [0.15, 0.2) is 59.5 Å². The number of imidazole rings is 1. The van der Waals surface area contributed by atoms with E-state index in [1.807, 2.05) is 49.6 Å². The van der Waals surface area contributed by atoms with Crippen LogP contribution in [0.4, 0.5) is 11.4 Å². The number of halogens is 1. The lowest BCUT2D eigenvalue weighted by molar-refractivity contribution is -0.119. The Balaban J connectivity index is 1.76. The first-order chi connectivity index (χ1) is 18.6. The van der Waals surface area contributed by atoms with E-state index in [2.05, 4.69) is 5.32 Å². The molecule has 4 aromatic rings. The number of ether oxygens (including phenoxy) is 1. The molecule has 1 unspecified atom stereocenters. The fourth-order valence-electron chi connectivity index (χ4n) is 5.85. The largest absolute Gasteiger partial charge is 0.496 e. The number of anilines is 2. The second-order valence-corrected chi connectivity index (χ2v) is 10.5. The zero-order valence-electron chi connectivity index (χ0n) is 22.1. The number of fused-ring (bicyclic) bond motifs is 4. The number of nitrogens with zero attached hydrogens (tertiary/aromatic N) is 4. The Morgan fingerprint density at radius 3 is 2.54 bits per heavy atom. The minimum absolute atomic E-state index is 0.0904. The van der Waals surface area contributed by atoms with Gasteiger partial charge in [0.2, 0.25) is 0 Å². The first kappa shape index (κ1) is 24.9. The maximum atomic E-state index is 14.4. The summed E-state index contributed by atoms with van der Waals surface area (Å²) in [5.74, 6) is 0.0641. The Bertz CT molecular complexity index is 1770. The van der Waals surface area contributed by atoms with E-state index in [0.717, 1.165) is 5.56 Å². The highest BCUT2D eigenvalue weighted by Crippen LogP contribution is 2.54. The van der Waals surface area contributed by atoms with Gasteiger partial charge in [0.05, 0.1) is 18.4 Å². The first-order valence-electron chi connectivity index (χ1n) is 12.5. The number of pyridine rings is 1. The van der Waals surface area contributed by atoms with Crippen molar-refractivity contribution in [3.63, 3.8) is 0 Å². The fourth-order valence-corrected chi connectivity index (χ4v) is 6.02. The quantitative estimate of drug-likeness (QED) is 0.404. The molecule has 198 valence electrons. The molecule has 0 aliphatic carbocycles. The molecular weight excluding hydrogens is 518 g/mol. The molecule has 1 N–H and O–H groups in total. The molecule has 0 saturated carbocycles. The van der Waals surface area contributed by atoms with Crippen LogP contribution in [0.1, 0.15) is 47.2 Å². The minimum atomic E-state index is -1.69. The van der Waals surface area contributed by atoms with Crippen molar-refractivity contribution < 1.29 is 14.3 Å². The number of carbonyl (C=O) groups is 2. The normalized spacial score (nSPS) is 17.7. The standard InChI is InChI=1S/C29H26ClN5O4/c1-15(2)34-24-23(32-25(34)18-8-6-7-9-22(18)39-5)27(37)35(21-12-16(3)14-33(4)26(21)36)29(24)19-11-10-17(30)13-20(19)31-28(29)38/h6-15H,1-5H3,(H,31,38). The number of rotatable bonds is 4. The lowest BCUT2D eigenvalue weighted by atomic mass is 9.87. The Kier molecular flexibility index (Phi) is 5.48. The van der Waals surface area contributed by atoms with E-state index in [0.29, 0.717) is 39.1 Å². The van der Waals surface area contributed by atoms with Crippen LogP contribution in [0.25, 0.3) is 11.4 Å². The Morgan fingerprint density at radius 1 is 1.08 bits per heavy atom. The second kappa shape index (κ2) is 8.57. The number of aromatic nitrogens is 3. The Hall–Kier alpha value is -4.37. The molecule has 0 saturated heterocycles. The van der Waals surface area contributed by atoms with E-state index in [9.17, 15) is 14.4 Å². The summed E-state index contributed by atoms with van der Waals surface area (Å²) < 4.78 is 8.92. The highest BCUT2D eigenvalue weighted by atomic mass is 35.5. The molecule has 10 heteroatoms. The molecule has 39 heavy (non-hydrogen) atoms. The van der Waals surface area contributed by atoms with Crippen LogP contribution in [-0.2, 0) is 17.4 Å². The summed E-state index contributed by atoms with van der Waals surface area (Å²) in [5, 5.41) is 3.36. The number of methoxy groups -OCH3 is 1. The third-order valence-corrected chi connectivity index (χ3v) is 7.58. The lowest BCUT2D eigenvalue weighted by Gasteiger charge is -2.35. The number of benzene rings is 2. The molecule has 2 aliphatic heterocycles. The second-order valence-electron chi connectivity index (χ2n) is 10.1.